The predicted octanol–water partition coefficient (Wildman–Crippen LogP) is 2.37. The average molecular weight is 367 g/mol. The molecule has 1 aliphatic heterocycles. The molecule has 0 aliphatic carbocycles. The van der Waals surface area contributed by atoms with Crippen molar-refractivity contribution >= 4 is 11.9 Å². The summed E-state index contributed by atoms with van der Waals surface area (Å²) in [5.74, 6) is -0.760. The number of aryl methyl sites for hydroxylation is 1. The molecule has 0 radical (unpaired) electrons. The van der Waals surface area contributed by atoms with Crippen LogP contribution >= 0.6 is 0 Å². The van der Waals surface area contributed by atoms with Crippen LogP contribution in [0, 0.1) is 6.92 Å². The van der Waals surface area contributed by atoms with E-state index >= 15 is 0 Å². The van der Waals surface area contributed by atoms with Crippen molar-refractivity contribution < 1.29 is 14.7 Å². The first-order valence-electron chi connectivity index (χ1n) is 9.25. The maximum Gasteiger partial charge on any atom is 0.307 e. The van der Waals surface area contributed by atoms with Gasteiger partial charge in [0.05, 0.1) is 12.0 Å². The van der Waals surface area contributed by atoms with Crippen LogP contribution in [-0.4, -0.2) is 57.9 Å². The molecule has 0 spiro atoms. The first-order chi connectivity index (χ1) is 13.0. The van der Waals surface area contributed by atoms with Crippen LogP contribution < -0.4 is 0 Å². The third-order valence-corrected chi connectivity index (χ3v) is 4.93. The monoisotopic (exact) mass is 367 g/mol. The van der Waals surface area contributed by atoms with Gasteiger partial charge in [0.1, 0.15) is 0 Å². The van der Waals surface area contributed by atoms with Gasteiger partial charge in [-0.2, -0.15) is 0 Å². The second-order valence-electron chi connectivity index (χ2n) is 7.00. The first-order valence-corrected chi connectivity index (χ1v) is 9.25. The number of rotatable bonds is 5. The van der Waals surface area contributed by atoms with Crippen molar-refractivity contribution in [2.75, 3.05) is 26.2 Å². The third kappa shape index (κ3) is 5.14. The van der Waals surface area contributed by atoms with E-state index in [1.165, 1.54) is 0 Å². The predicted molar refractivity (Wildman–Crippen MR) is 103 cm³/mol. The summed E-state index contributed by atoms with van der Waals surface area (Å²) in [6.07, 6.45) is 4.34. The zero-order valence-corrected chi connectivity index (χ0v) is 15.6. The highest BCUT2D eigenvalue weighted by Gasteiger charge is 2.21. The second kappa shape index (κ2) is 8.77. The Morgan fingerprint density at radius 2 is 1.78 bits per heavy atom. The summed E-state index contributed by atoms with van der Waals surface area (Å²) < 4.78 is 0. The number of carbonyl (C=O) groups excluding carboxylic acids is 1. The van der Waals surface area contributed by atoms with Gasteiger partial charge in [0.2, 0.25) is 0 Å². The molecule has 6 nitrogen and oxygen atoms in total. The summed E-state index contributed by atoms with van der Waals surface area (Å²) in [5, 5.41) is 8.85. The number of amides is 1. The highest BCUT2D eigenvalue weighted by Crippen LogP contribution is 2.14. The Bertz CT molecular complexity index is 805. The van der Waals surface area contributed by atoms with E-state index in [-0.39, 0.29) is 12.3 Å². The molecule has 27 heavy (non-hydrogen) atoms. The average Bonchev–Trinajstić information content (AvgIpc) is 2.88. The largest absolute Gasteiger partial charge is 0.481 e. The summed E-state index contributed by atoms with van der Waals surface area (Å²) >= 11 is 0. The number of aromatic nitrogens is 1. The number of nitrogens with zero attached hydrogens (tertiary/aromatic N) is 3. The van der Waals surface area contributed by atoms with Gasteiger partial charge in [-0.05, 0) is 36.1 Å². The second-order valence-corrected chi connectivity index (χ2v) is 7.00. The van der Waals surface area contributed by atoms with Gasteiger partial charge in [-0.15, -0.1) is 0 Å². The van der Waals surface area contributed by atoms with Gasteiger partial charge >= 0.3 is 5.97 Å². The fourth-order valence-corrected chi connectivity index (χ4v) is 3.39. The number of carbonyl (C=O) groups is 2. The van der Waals surface area contributed by atoms with Gasteiger partial charge in [0, 0.05) is 45.1 Å². The number of pyridine rings is 1. The van der Waals surface area contributed by atoms with Gasteiger partial charge in [-0.3, -0.25) is 19.5 Å². The molecule has 6 heteroatoms. The summed E-state index contributed by atoms with van der Waals surface area (Å²) in [7, 11) is 0. The zero-order chi connectivity index (χ0) is 19.2. The molecule has 2 aromatic rings. The Kier molecular flexibility index (Phi) is 6.19. The molecule has 1 aromatic heterocycles. The molecular weight excluding hydrogens is 342 g/mol. The molecule has 0 atom stereocenters. The van der Waals surface area contributed by atoms with Crippen LogP contribution in [0.15, 0.2) is 42.7 Å². The number of carboxylic acid groups (broad SMARTS) is 1. The minimum absolute atomic E-state index is 0.0504. The number of hydrogen-bond donors (Lipinski definition) is 1. The van der Waals surface area contributed by atoms with Crippen LogP contribution in [-0.2, 0) is 17.8 Å². The molecule has 1 amide bonds. The third-order valence-electron chi connectivity index (χ3n) is 4.93. The molecule has 1 aliphatic rings. The maximum absolute atomic E-state index is 12.8. The van der Waals surface area contributed by atoms with Gasteiger partial charge in [0.25, 0.3) is 5.91 Å². The molecule has 0 saturated carbocycles. The highest BCUT2D eigenvalue weighted by molar-refractivity contribution is 5.95. The molecule has 3 rings (SSSR count). The summed E-state index contributed by atoms with van der Waals surface area (Å²) in [5.41, 5.74) is 3.61. The summed E-state index contributed by atoms with van der Waals surface area (Å²) in [4.78, 5) is 31.9. The quantitative estimate of drug-likeness (QED) is 0.878. The number of aliphatic carboxylic acids is 1. The Morgan fingerprint density at radius 1 is 1.04 bits per heavy atom. The van der Waals surface area contributed by atoms with Crippen molar-refractivity contribution in [1.29, 1.82) is 0 Å². The lowest BCUT2D eigenvalue weighted by atomic mass is 10.1. The van der Waals surface area contributed by atoms with E-state index in [1.54, 1.807) is 12.4 Å². The molecular formula is C21H25N3O3. The SMILES string of the molecule is Cc1ccncc1C(=O)N1CCCN(Cc2ccc(CC(=O)O)cc2)CC1. The molecule has 1 N–H and O–H groups in total. The maximum atomic E-state index is 12.8. The van der Waals surface area contributed by atoms with Gasteiger partial charge < -0.3 is 10.0 Å². The Labute approximate surface area is 159 Å². The smallest absolute Gasteiger partial charge is 0.307 e. The van der Waals surface area contributed by atoms with Gasteiger partial charge in [-0.25, -0.2) is 0 Å². The first kappa shape index (κ1) is 19.0. The van der Waals surface area contributed by atoms with E-state index in [1.807, 2.05) is 42.2 Å². The molecule has 1 aromatic carbocycles. The lowest BCUT2D eigenvalue weighted by Gasteiger charge is -2.22. The fourth-order valence-electron chi connectivity index (χ4n) is 3.39. The normalized spacial score (nSPS) is 15.4. The highest BCUT2D eigenvalue weighted by atomic mass is 16.4. The van der Waals surface area contributed by atoms with Crippen LogP contribution in [0.3, 0.4) is 0 Å². The van der Waals surface area contributed by atoms with E-state index in [2.05, 4.69) is 9.88 Å². The van der Waals surface area contributed by atoms with Crippen molar-refractivity contribution in [3.05, 3.63) is 65.0 Å². The van der Waals surface area contributed by atoms with Crippen LogP contribution in [0.4, 0.5) is 0 Å². The van der Waals surface area contributed by atoms with Crippen molar-refractivity contribution in [3.8, 4) is 0 Å². The van der Waals surface area contributed by atoms with Crippen LogP contribution in [0.25, 0.3) is 0 Å². The van der Waals surface area contributed by atoms with Gasteiger partial charge in [-0.1, -0.05) is 24.3 Å². The molecule has 1 fully saturated rings. The molecule has 1 saturated heterocycles. The lowest BCUT2D eigenvalue weighted by molar-refractivity contribution is -0.136. The number of hydrogen-bond acceptors (Lipinski definition) is 4. The van der Waals surface area contributed by atoms with E-state index in [9.17, 15) is 9.59 Å². The molecule has 2 heterocycles. The van der Waals surface area contributed by atoms with Crippen LogP contribution in [0.1, 0.15) is 33.5 Å². The van der Waals surface area contributed by atoms with Crippen LogP contribution in [0.2, 0.25) is 0 Å². The van der Waals surface area contributed by atoms with Crippen molar-refractivity contribution in [3.63, 3.8) is 0 Å². The molecule has 142 valence electrons. The lowest BCUT2D eigenvalue weighted by Crippen LogP contribution is -2.35. The van der Waals surface area contributed by atoms with E-state index < -0.39 is 5.97 Å². The van der Waals surface area contributed by atoms with Crippen molar-refractivity contribution in [2.45, 2.75) is 26.3 Å². The minimum atomic E-state index is -0.816. The van der Waals surface area contributed by atoms with Crippen molar-refractivity contribution in [2.24, 2.45) is 0 Å². The number of benzene rings is 1. The standard InChI is InChI=1S/C21H25N3O3/c1-16-7-8-22-14-19(16)21(27)24-10-2-9-23(11-12-24)15-18-5-3-17(4-6-18)13-20(25)26/h3-8,14H,2,9-13,15H2,1H3,(H,25,26). The summed E-state index contributed by atoms with van der Waals surface area (Å²) in [6, 6.07) is 9.60. The Hall–Kier alpha value is -2.73. The minimum Gasteiger partial charge on any atom is -0.481 e. The topological polar surface area (TPSA) is 73.7 Å². The summed E-state index contributed by atoms with van der Waals surface area (Å²) in [6.45, 7) is 5.95. The fraction of sp³-hybridized carbons (Fsp3) is 0.381. The van der Waals surface area contributed by atoms with Gasteiger partial charge in [0.15, 0.2) is 0 Å². The van der Waals surface area contributed by atoms with Crippen LogP contribution in [0.5, 0.6) is 0 Å². The zero-order valence-electron chi connectivity index (χ0n) is 15.6. The number of carboxylic acids is 1. The molecule has 0 unspecified atom stereocenters. The Balaban J connectivity index is 1.57. The Morgan fingerprint density at radius 3 is 2.48 bits per heavy atom. The van der Waals surface area contributed by atoms with E-state index in [0.717, 1.165) is 49.3 Å². The van der Waals surface area contributed by atoms with Crippen molar-refractivity contribution in [1.82, 2.24) is 14.8 Å². The molecule has 0 bridgehead atoms. The van der Waals surface area contributed by atoms with E-state index in [4.69, 9.17) is 5.11 Å². The van der Waals surface area contributed by atoms with E-state index in [0.29, 0.717) is 12.1 Å².